The van der Waals surface area contributed by atoms with Crippen LogP contribution in [0.25, 0.3) is 16.7 Å². The Labute approximate surface area is 208 Å². The number of nitrogens with one attached hydrogen (secondary N) is 1. The molecule has 0 spiro atoms. The van der Waals surface area contributed by atoms with Crippen molar-refractivity contribution in [1.29, 1.82) is 0 Å². The van der Waals surface area contributed by atoms with Gasteiger partial charge in [-0.15, -0.1) is 0 Å². The highest BCUT2D eigenvalue weighted by molar-refractivity contribution is 5.97. The van der Waals surface area contributed by atoms with Crippen molar-refractivity contribution in [1.82, 2.24) is 14.9 Å². The molecule has 2 aromatic heterocycles. The summed E-state index contributed by atoms with van der Waals surface area (Å²) in [6, 6.07) is 8.20. The van der Waals surface area contributed by atoms with Crippen molar-refractivity contribution in [3.8, 4) is 5.69 Å². The second kappa shape index (κ2) is 9.64. The molecular formula is C26H21F5N4O2. The molecule has 11 heteroatoms. The number of carbonyl (C=O) groups is 1. The van der Waals surface area contributed by atoms with E-state index in [0.717, 1.165) is 29.0 Å². The van der Waals surface area contributed by atoms with Crippen LogP contribution < -0.4 is 15.6 Å². The second-order valence-corrected chi connectivity index (χ2v) is 8.63. The number of alkyl halides is 3. The van der Waals surface area contributed by atoms with Gasteiger partial charge in [-0.25, -0.2) is 13.8 Å². The third-order valence-corrected chi connectivity index (χ3v) is 5.69. The minimum absolute atomic E-state index is 0.00741. The van der Waals surface area contributed by atoms with Crippen LogP contribution in [0.5, 0.6) is 0 Å². The molecule has 0 radical (unpaired) electrons. The van der Waals surface area contributed by atoms with Crippen molar-refractivity contribution in [3.05, 3.63) is 99.3 Å². The standard InChI is InChI=1S/C26H21F5N4O2/c1-14-7-9-20(19(28)11-14)35-13-18(22(36)17-8-10-21(34(2)3)32-24(17)35)25(37)33-23(26(29,30)31)15-5-4-6-16(27)12-15/h4-13,23H,1-3H3,(H,33,37). The monoisotopic (exact) mass is 516 g/mol. The van der Waals surface area contributed by atoms with Crippen LogP contribution in [-0.2, 0) is 0 Å². The summed E-state index contributed by atoms with van der Waals surface area (Å²) in [6.45, 7) is 1.67. The summed E-state index contributed by atoms with van der Waals surface area (Å²) in [6.07, 6.45) is -4.04. The van der Waals surface area contributed by atoms with E-state index in [4.69, 9.17) is 0 Å². The zero-order chi connectivity index (χ0) is 27.1. The van der Waals surface area contributed by atoms with Gasteiger partial charge < -0.3 is 10.2 Å². The predicted molar refractivity (Wildman–Crippen MR) is 129 cm³/mol. The van der Waals surface area contributed by atoms with Crippen LogP contribution in [0.3, 0.4) is 0 Å². The van der Waals surface area contributed by atoms with Crippen LogP contribution in [0, 0.1) is 18.6 Å². The van der Waals surface area contributed by atoms with Crippen LogP contribution in [-0.4, -0.2) is 35.7 Å². The Balaban J connectivity index is 1.91. The number of nitrogens with zero attached hydrogens (tertiary/aromatic N) is 3. The number of aromatic nitrogens is 2. The zero-order valence-corrected chi connectivity index (χ0v) is 19.9. The maximum absolute atomic E-state index is 15.0. The summed E-state index contributed by atoms with van der Waals surface area (Å²) in [7, 11) is 3.41. The van der Waals surface area contributed by atoms with Crippen molar-refractivity contribution in [2.75, 3.05) is 19.0 Å². The predicted octanol–water partition coefficient (Wildman–Crippen LogP) is 5.07. The first-order chi connectivity index (χ1) is 17.4. The summed E-state index contributed by atoms with van der Waals surface area (Å²) in [5, 5.41) is 1.68. The van der Waals surface area contributed by atoms with E-state index in [2.05, 4.69) is 4.98 Å². The van der Waals surface area contributed by atoms with Crippen LogP contribution >= 0.6 is 0 Å². The van der Waals surface area contributed by atoms with Crippen molar-refractivity contribution in [3.63, 3.8) is 0 Å². The van der Waals surface area contributed by atoms with Gasteiger partial charge in [0.1, 0.15) is 23.0 Å². The third kappa shape index (κ3) is 5.16. The number of halogens is 5. The first-order valence-electron chi connectivity index (χ1n) is 11.0. The highest BCUT2D eigenvalue weighted by Gasteiger charge is 2.42. The van der Waals surface area contributed by atoms with Crippen molar-refractivity contribution >= 4 is 22.8 Å². The molecule has 0 aliphatic carbocycles. The number of hydrogen-bond donors (Lipinski definition) is 1. The molecule has 6 nitrogen and oxygen atoms in total. The number of rotatable bonds is 5. The minimum atomic E-state index is -5.00. The molecule has 1 N–H and O–H groups in total. The fraction of sp³-hybridized carbons (Fsp3) is 0.192. The lowest BCUT2D eigenvalue weighted by Gasteiger charge is -2.22. The minimum Gasteiger partial charge on any atom is -0.363 e. The Kier molecular flexibility index (Phi) is 6.72. The maximum Gasteiger partial charge on any atom is 0.412 e. The molecular weight excluding hydrogens is 495 g/mol. The van der Waals surface area contributed by atoms with Gasteiger partial charge in [0.15, 0.2) is 11.7 Å². The van der Waals surface area contributed by atoms with Gasteiger partial charge >= 0.3 is 6.18 Å². The molecule has 4 rings (SSSR count). The van der Waals surface area contributed by atoms with E-state index in [9.17, 15) is 31.5 Å². The molecule has 0 aliphatic heterocycles. The zero-order valence-electron chi connectivity index (χ0n) is 19.9. The highest BCUT2D eigenvalue weighted by atomic mass is 19.4. The van der Waals surface area contributed by atoms with Crippen LogP contribution in [0.15, 0.2) is 65.6 Å². The molecule has 2 heterocycles. The van der Waals surface area contributed by atoms with E-state index in [1.165, 1.54) is 24.3 Å². The topological polar surface area (TPSA) is 67.2 Å². The summed E-state index contributed by atoms with van der Waals surface area (Å²) < 4.78 is 71.3. The number of fused-ring (bicyclic) bond motifs is 1. The molecule has 0 saturated heterocycles. The van der Waals surface area contributed by atoms with Gasteiger partial charge in [-0.2, -0.15) is 13.2 Å². The molecule has 1 atom stereocenters. The van der Waals surface area contributed by atoms with Crippen molar-refractivity contribution in [2.45, 2.75) is 19.1 Å². The van der Waals surface area contributed by atoms with E-state index in [1.54, 1.807) is 37.3 Å². The molecule has 0 saturated carbocycles. The Morgan fingerprint density at radius 1 is 1.05 bits per heavy atom. The quantitative estimate of drug-likeness (QED) is 0.376. The lowest BCUT2D eigenvalue weighted by atomic mass is 10.1. The van der Waals surface area contributed by atoms with E-state index < -0.39 is 46.3 Å². The number of anilines is 1. The Morgan fingerprint density at radius 3 is 2.41 bits per heavy atom. The number of aryl methyl sites for hydroxylation is 1. The van der Waals surface area contributed by atoms with Gasteiger partial charge in [0, 0.05) is 20.3 Å². The number of amides is 1. The second-order valence-electron chi connectivity index (χ2n) is 8.63. The van der Waals surface area contributed by atoms with Crippen molar-refractivity contribution in [2.24, 2.45) is 0 Å². The summed E-state index contributed by atoms with van der Waals surface area (Å²) >= 11 is 0. The van der Waals surface area contributed by atoms with Crippen LogP contribution in [0.1, 0.15) is 27.5 Å². The Bertz CT molecular complexity index is 1560. The largest absolute Gasteiger partial charge is 0.412 e. The molecule has 2 aromatic carbocycles. The van der Waals surface area contributed by atoms with E-state index in [0.29, 0.717) is 17.4 Å². The lowest BCUT2D eigenvalue weighted by molar-refractivity contribution is -0.155. The Hall–Kier alpha value is -4.28. The summed E-state index contributed by atoms with van der Waals surface area (Å²) in [5.74, 6) is -2.56. The summed E-state index contributed by atoms with van der Waals surface area (Å²) in [5.41, 5.74) is -1.57. The van der Waals surface area contributed by atoms with Gasteiger partial charge in [-0.3, -0.25) is 14.2 Å². The molecule has 1 amide bonds. The summed E-state index contributed by atoms with van der Waals surface area (Å²) in [4.78, 5) is 32.4. The molecule has 0 fully saturated rings. The number of benzene rings is 2. The van der Waals surface area contributed by atoms with E-state index in [-0.39, 0.29) is 16.7 Å². The number of pyridine rings is 2. The van der Waals surface area contributed by atoms with Gasteiger partial charge in [-0.1, -0.05) is 18.2 Å². The average Bonchev–Trinajstić information content (AvgIpc) is 2.82. The fourth-order valence-electron chi connectivity index (χ4n) is 3.84. The van der Waals surface area contributed by atoms with Gasteiger partial charge in [0.25, 0.3) is 5.91 Å². The SMILES string of the molecule is Cc1ccc(-n2cc(C(=O)NC(c3cccc(F)c3)C(F)(F)F)c(=O)c3ccc(N(C)C)nc32)c(F)c1. The van der Waals surface area contributed by atoms with E-state index >= 15 is 0 Å². The van der Waals surface area contributed by atoms with Gasteiger partial charge in [0.05, 0.1) is 11.1 Å². The van der Waals surface area contributed by atoms with Crippen LogP contribution in [0.4, 0.5) is 27.8 Å². The van der Waals surface area contributed by atoms with Gasteiger partial charge in [-0.05, 0) is 54.4 Å². The molecule has 1 unspecified atom stereocenters. The number of carbonyl (C=O) groups excluding carboxylic acids is 1. The van der Waals surface area contributed by atoms with Gasteiger partial charge in [0.2, 0.25) is 5.43 Å². The van der Waals surface area contributed by atoms with E-state index in [1.807, 2.05) is 0 Å². The molecule has 192 valence electrons. The number of hydrogen-bond acceptors (Lipinski definition) is 4. The van der Waals surface area contributed by atoms with Crippen molar-refractivity contribution < 1.29 is 26.7 Å². The third-order valence-electron chi connectivity index (χ3n) is 5.69. The first kappa shape index (κ1) is 25.8. The molecule has 0 aliphatic rings. The fourth-order valence-corrected chi connectivity index (χ4v) is 3.84. The maximum atomic E-state index is 15.0. The Morgan fingerprint density at radius 2 is 1.78 bits per heavy atom. The highest BCUT2D eigenvalue weighted by Crippen LogP contribution is 2.33. The molecule has 37 heavy (non-hydrogen) atoms. The first-order valence-corrected chi connectivity index (χ1v) is 11.0. The smallest absolute Gasteiger partial charge is 0.363 e. The molecule has 4 aromatic rings. The van der Waals surface area contributed by atoms with Crippen LogP contribution in [0.2, 0.25) is 0 Å². The lowest BCUT2D eigenvalue weighted by Crippen LogP contribution is -2.40. The normalized spacial score (nSPS) is 12.4. The molecule has 0 bridgehead atoms. The average molecular weight is 516 g/mol.